The maximum atomic E-state index is 13.5. The lowest BCUT2D eigenvalue weighted by molar-refractivity contribution is 0.172. The fourth-order valence-corrected chi connectivity index (χ4v) is 2.23. The van der Waals surface area contributed by atoms with E-state index < -0.39 is 23.6 Å². The van der Waals surface area contributed by atoms with E-state index in [1.807, 2.05) is 0 Å². The Kier molecular flexibility index (Phi) is 4.27. The molecule has 100 valence electrons. The Morgan fingerprint density at radius 3 is 2.37 bits per heavy atom. The molecule has 0 heterocycles. The molecule has 1 atom stereocenters. The van der Waals surface area contributed by atoms with Crippen molar-refractivity contribution in [2.75, 3.05) is 0 Å². The zero-order chi connectivity index (χ0) is 14.0. The van der Waals surface area contributed by atoms with E-state index in [1.165, 1.54) is 24.3 Å². The van der Waals surface area contributed by atoms with Crippen LogP contribution in [-0.2, 0) is 6.42 Å². The lowest BCUT2D eigenvalue weighted by atomic mass is 10.0. The Labute approximate surface area is 116 Å². The van der Waals surface area contributed by atoms with Crippen LogP contribution in [0.3, 0.4) is 0 Å². The van der Waals surface area contributed by atoms with Gasteiger partial charge >= 0.3 is 0 Å². The normalized spacial score (nSPS) is 12.5. The third kappa shape index (κ3) is 2.98. The lowest BCUT2D eigenvalue weighted by Crippen LogP contribution is -2.06. The fourth-order valence-electron chi connectivity index (χ4n) is 1.80. The standard InChI is InChI=1S/C14H10BrF3O/c15-13-8(3-1-5-10(13)16)7-12(19)9-4-2-6-11(17)14(9)18/h1-6,12,19H,7H2. The number of hydrogen-bond donors (Lipinski definition) is 1. The van der Waals surface area contributed by atoms with E-state index in [9.17, 15) is 18.3 Å². The van der Waals surface area contributed by atoms with Crippen molar-refractivity contribution in [1.29, 1.82) is 0 Å². The molecule has 2 rings (SSSR count). The van der Waals surface area contributed by atoms with Crippen LogP contribution in [0.15, 0.2) is 40.9 Å². The molecule has 0 aromatic heterocycles. The first-order valence-electron chi connectivity index (χ1n) is 5.55. The molecule has 0 amide bonds. The van der Waals surface area contributed by atoms with Gasteiger partial charge in [-0.3, -0.25) is 0 Å². The molecule has 0 saturated heterocycles. The molecule has 0 aliphatic carbocycles. The first-order valence-corrected chi connectivity index (χ1v) is 6.35. The lowest BCUT2D eigenvalue weighted by Gasteiger charge is -2.13. The largest absolute Gasteiger partial charge is 0.388 e. The summed E-state index contributed by atoms with van der Waals surface area (Å²) in [6.45, 7) is 0. The summed E-state index contributed by atoms with van der Waals surface area (Å²) in [7, 11) is 0. The molecule has 0 bridgehead atoms. The van der Waals surface area contributed by atoms with E-state index in [0.29, 0.717) is 5.56 Å². The summed E-state index contributed by atoms with van der Waals surface area (Å²) < 4.78 is 40.1. The average Bonchev–Trinajstić information content (AvgIpc) is 2.38. The van der Waals surface area contributed by atoms with Crippen LogP contribution in [0.4, 0.5) is 13.2 Å². The minimum absolute atomic E-state index is 0.0152. The molecule has 0 aliphatic rings. The van der Waals surface area contributed by atoms with Gasteiger partial charge in [0.05, 0.1) is 10.6 Å². The maximum absolute atomic E-state index is 13.5. The Bertz CT molecular complexity index is 601. The number of aliphatic hydroxyl groups excluding tert-OH is 1. The highest BCUT2D eigenvalue weighted by atomic mass is 79.9. The van der Waals surface area contributed by atoms with E-state index >= 15 is 0 Å². The van der Waals surface area contributed by atoms with Crippen LogP contribution in [0, 0.1) is 17.5 Å². The van der Waals surface area contributed by atoms with E-state index in [1.54, 1.807) is 6.07 Å². The minimum atomic E-state index is -1.24. The van der Waals surface area contributed by atoms with Crippen molar-refractivity contribution in [3.8, 4) is 0 Å². The van der Waals surface area contributed by atoms with Crippen LogP contribution in [-0.4, -0.2) is 5.11 Å². The number of aliphatic hydroxyl groups is 1. The second-order valence-corrected chi connectivity index (χ2v) is 4.87. The van der Waals surface area contributed by atoms with Crippen LogP contribution in [0.5, 0.6) is 0 Å². The number of benzene rings is 2. The van der Waals surface area contributed by atoms with Gasteiger partial charge in [-0.1, -0.05) is 24.3 Å². The Balaban J connectivity index is 2.28. The van der Waals surface area contributed by atoms with Gasteiger partial charge in [-0.15, -0.1) is 0 Å². The summed E-state index contributed by atoms with van der Waals surface area (Å²) in [6, 6.07) is 7.96. The van der Waals surface area contributed by atoms with Gasteiger partial charge in [0.2, 0.25) is 0 Å². The van der Waals surface area contributed by atoms with Crippen LogP contribution < -0.4 is 0 Å². The molecule has 0 fully saturated rings. The highest BCUT2D eigenvalue weighted by Gasteiger charge is 2.18. The third-order valence-electron chi connectivity index (χ3n) is 2.79. The monoisotopic (exact) mass is 330 g/mol. The molecule has 5 heteroatoms. The van der Waals surface area contributed by atoms with Crippen LogP contribution in [0.2, 0.25) is 0 Å². The van der Waals surface area contributed by atoms with Gasteiger partial charge in [0, 0.05) is 12.0 Å². The van der Waals surface area contributed by atoms with Gasteiger partial charge in [-0.25, -0.2) is 13.2 Å². The van der Waals surface area contributed by atoms with Crippen molar-refractivity contribution in [3.63, 3.8) is 0 Å². The summed E-state index contributed by atoms with van der Waals surface area (Å²) in [6.07, 6.45) is -1.26. The summed E-state index contributed by atoms with van der Waals surface area (Å²) in [5.74, 6) is -2.57. The van der Waals surface area contributed by atoms with Gasteiger partial charge < -0.3 is 5.11 Å². The molecule has 2 aromatic rings. The predicted octanol–water partition coefficient (Wildman–Crippen LogP) is 4.14. The average molecular weight is 331 g/mol. The predicted molar refractivity (Wildman–Crippen MR) is 69.1 cm³/mol. The molecule has 0 saturated carbocycles. The highest BCUT2D eigenvalue weighted by Crippen LogP contribution is 2.27. The van der Waals surface area contributed by atoms with E-state index in [4.69, 9.17) is 0 Å². The van der Waals surface area contributed by atoms with Crippen molar-refractivity contribution in [3.05, 3.63) is 69.4 Å². The molecule has 0 radical (unpaired) electrons. The molecule has 19 heavy (non-hydrogen) atoms. The summed E-state index contributed by atoms with van der Waals surface area (Å²) >= 11 is 3.06. The van der Waals surface area contributed by atoms with Crippen LogP contribution in [0.25, 0.3) is 0 Å². The molecule has 1 nitrogen and oxygen atoms in total. The first-order chi connectivity index (χ1) is 9.00. The van der Waals surface area contributed by atoms with Gasteiger partial charge in [-0.2, -0.15) is 0 Å². The van der Waals surface area contributed by atoms with Gasteiger partial charge in [0.25, 0.3) is 0 Å². The third-order valence-corrected chi connectivity index (χ3v) is 3.67. The molecule has 0 aliphatic heterocycles. The van der Waals surface area contributed by atoms with E-state index in [0.717, 1.165) is 6.07 Å². The SMILES string of the molecule is OC(Cc1cccc(F)c1Br)c1cccc(F)c1F. The fraction of sp³-hybridized carbons (Fsp3) is 0.143. The number of halogens is 4. The minimum Gasteiger partial charge on any atom is -0.388 e. The van der Waals surface area contributed by atoms with Gasteiger partial charge in [-0.05, 0) is 33.6 Å². The van der Waals surface area contributed by atoms with Crippen molar-refractivity contribution in [2.45, 2.75) is 12.5 Å². The topological polar surface area (TPSA) is 20.2 Å². The summed E-state index contributed by atoms with van der Waals surface area (Å²) in [5, 5.41) is 9.94. The van der Waals surface area contributed by atoms with Crippen molar-refractivity contribution in [2.24, 2.45) is 0 Å². The molecular weight excluding hydrogens is 321 g/mol. The van der Waals surface area contributed by atoms with Crippen LogP contribution in [0.1, 0.15) is 17.2 Å². The Morgan fingerprint density at radius 1 is 1.00 bits per heavy atom. The van der Waals surface area contributed by atoms with E-state index in [-0.39, 0.29) is 16.5 Å². The van der Waals surface area contributed by atoms with Crippen molar-refractivity contribution < 1.29 is 18.3 Å². The van der Waals surface area contributed by atoms with E-state index in [2.05, 4.69) is 15.9 Å². The molecule has 1 N–H and O–H groups in total. The number of hydrogen-bond acceptors (Lipinski definition) is 1. The quantitative estimate of drug-likeness (QED) is 0.896. The second kappa shape index (κ2) is 5.75. The Morgan fingerprint density at radius 2 is 1.63 bits per heavy atom. The summed E-state index contributed by atoms with van der Waals surface area (Å²) in [5.41, 5.74) is 0.340. The molecule has 1 unspecified atom stereocenters. The Hall–Kier alpha value is -1.33. The van der Waals surface area contributed by atoms with Gasteiger partial charge in [0.1, 0.15) is 5.82 Å². The van der Waals surface area contributed by atoms with Crippen molar-refractivity contribution in [1.82, 2.24) is 0 Å². The van der Waals surface area contributed by atoms with Crippen molar-refractivity contribution >= 4 is 15.9 Å². The first kappa shape index (κ1) is 14.1. The number of rotatable bonds is 3. The molecular formula is C14H10BrF3O. The second-order valence-electron chi connectivity index (χ2n) is 4.08. The molecule has 0 spiro atoms. The summed E-state index contributed by atoms with van der Waals surface area (Å²) in [4.78, 5) is 0. The maximum Gasteiger partial charge on any atom is 0.164 e. The zero-order valence-electron chi connectivity index (χ0n) is 9.71. The molecule has 2 aromatic carbocycles. The highest BCUT2D eigenvalue weighted by molar-refractivity contribution is 9.10. The smallest absolute Gasteiger partial charge is 0.164 e. The van der Waals surface area contributed by atoms with Gasteiger partial charge in [0.15, 0.2) is 11.6 Å². The zero-order valence-corrected chi connectivity index (χ0v) is 11.3. The van der Waals surface area contributed by atoms with Crippen LogP contribution >= 0.6 is 15.9 Å².